The van der Waals surface area contributed by atoms with Crippen LogP contribution in [0.2, 0.25) is 0 Å². The maximum absolute atomic E-state index is 10.5. The van der Waals surface area contributed by atoms with E-state index in [1.54, 1.807) is 6.92 Å². The molecule has 0 aromatic heterocycles. The summed E-state index contributed by atoms with van der Waals surface area (Å²) in [5.41, 5.74) is 0. The number of hydrogen-bond donors (Lipinski definition) is 0. The molecule has 0 heterocycles. The first-order valence-corrected chi connectivity index (χ1v) is 3.90. The SMILES string of the molecule is C[CH-]C.C[CH-]OC(=O)CC(=O)OC.[CH3-].[Y].[Y]. The number of carbonyl (C=O) groups is 2. The van der Waals surface area contributed by atoms with Gasteiger partial charge in [-0.1, -0.05) is 0 Å². The van der Waals surface area contributed by atoms with Gasteiger partial charge in [0.15, 0.2) is 0 Å². The van der Waals surface area contributed by atoms with E-state index in [9.17, 15) is 9.59 Å². The molecule has 0 aliphatic rings. The molecule has 0 aliphatic carbocycles. The molecule has 92 valence electrons. The third-order valence-corrected chi connectivity index (χ3v) is 0.766. The summed E-state index contributed by atoms with van der Waals surface area (Å²) in [5, 5.41) is 0. The first-order valence-electron chi connectivity index (χ1n) is 3.90. The number of ether oxygens (including phenoxy) is 2. The van der Waals surface area contributed by atoms with Gasteiger partial charge in [0.05, 0.1) is 7.11 Å². The number of hydrogen-bond acceptors (Lipinski definition) is 4. The van der Waals surface area contributed by atoms with Crippen molar-refractivity contribution in [2.45, 2.75) is 27.2 Å². The maximum atomic E-state index is 10.5. The summed E-state index contributed by atoms with van der Waals surface area (Å²) in [7, 11) is 1.21. The van der Waals surface area contributed by atoms with E-state index in [0.717, 1.165) is 0 Å². The fourth-order valence-corrected chi connectivity index (χ4v) is 0.363. The van der Waals surface area contributed by atoms with Gasteiger partial charge >= 0.3 is 5.97 Å². The fourth-order valence-electron chi connectivity index (χ4n) is 0.363. The summed E-state index contributed by atoms with van der Waals surface area (Å²) in [6.45, 7) is 6.76. The van der Waals surface area contributed by atoms with Crippen molar-refractivity contribution < 1.29 is 84.5 Å². The van der Waals surface area contributed by atoms with E-state index in [-0.39, 0.29) is 79.3 Å². The topological polar surface area (TPSA) is 52.6 Å². The molecular weight excluding hydrogens is 362 g/mol. The fraction of sp³-hybridized carbons (Fsp3) is 0.500. The van der Waals surface area contributed by atoms with Crippen LogP contribution in [0.5, 0.6) is 0 Å². The van der Waals surface area contributed by atoms with Crippen LogP contribution in [0, 0.1) is 20.5 Å². The first-order chi connectivity index (χ1) is 6.12. The van der Waals surface area contributed by atoms with Gasteiger partial charge in [-0.2, -0.15) is 27.4 Å². The predicted molar refractivity (Wildman–Crippen MR) is 54.8 cm³/mol. The van der Waals surface area contributed by atoms with Crippen LogP contribution < -0.4 is 0 Å². The van der Waals surface area contributed by atoms with Gasteiger partial charge in [-0.15, -0.1) is 0 Å². The van der Waals surface area contributed by atoms with Crippen molar-refractivity contribution in [3.8, 4) is 0 Å². The molecule has 0 atom stereocenters. The van der Waals surface area contributed by atoms with Crippen LogP contribution >= 0.6 is 0 Å². The van der Waals surface area contributed by atoms with E-state index in [2.05, 4.69) is 9.47 Å². The second kappa shape index (κ2) is 25.1. The molecule has 4 nitrogen and oxygen atoms in total. The molecule has 0 aliphatic heterocycles. The summed E-state index contributed by atoms with van der Waals surface area (Å²) in [6.07, 6.45) is 1.67. The van der Waals surface area contributed by atoms with E-state index in [4.69, 9.17) is 0 Å². The van der Waals surface area contributed by atoms with Gasteiger partial charge < -0.3 is 23.3 Å². The van der Waals surface area contributed by atoms with Crippen molar-refractivity contribution >= 4 is 11.9 Å². The Morgan fingerprint density at radius 1 is 1.06 bits per heavy atom. The molecule has 0 aromatic carbocycles. The Balaban J connectivity index is -0.0000000606. The monoisotopic (exact) mass is 381 g/mol. The Kier molecular flexibility index (Phi) is 47.5. The van der Waals surface area contributed by atoms with E-state index in [0.29, 0.717) is 0 Å². The third kappa shape index (κ3) is 29.4. The Hall–Kier alpha value is 1.15. The zero-order valence-electron chi connectivity index (χ0n) is 10.6. The quantitative estimate of drug-likeness (QED) is 0.426. The van der Waals surface area contributed by atoms with Crippen molar-refractivity contribution in [1.29, 1.82) is 0 Å². The standard InChI is InChI=1S/C6H9O4.C3H7.CH3.2Y/c1-3-10-6(8)4-5(7)9-2;1-3-2;;;/h3H,4H2,1-2H3;3H,1-2H3;1H3;;/q3*-1;;. The molecule has 0 spiro atoms. The Bertz CT molecular complexity index is 152. The first kappa shape index (κ1) is 30.3. The molecule has 0 N–H and O–H groups in total. The molecule has 0 fully saturated rings. The van der Waals surface area contributed by atoms with Gasteiger partial charge in [0, 0.05) is 65.4 Å². The van der Waals surface area contributed by atoms with E-state index in [1.807, 2.05) is 20.3 Å². The smallest absolute Gasteiger partial charge is 0.316 e. The third-order valence-electron chi connectivity index (χ3n) is 0.766. The molecule has 0 rings (SSSR count). The normalized spacial score (nSPS) is 6.50. The molecule has 16 heavy (non-hydrogen) atoms. The van der Waals surface area contributed by atoms with Crippen molar-refractivity contribution in [2.75, 3.05) is 7.11 Å². The van der Waals surface area contributed by atoms with Crippen LogP contribution in [-0.4, -0.2) is 19.0 Å². The summed E-state index contributed by atoms with van der Waals surface area (Å²) in [4.78, 5) is 20.8. The minimum Gasteiger partial charge on any atom is -0.637 e. The molecule has 6 heteroatoms. The summed E-state index contributed by atoms with van der Waals surface area (Å²) in [5.74, 6) is -1.19. The minimum absolute atomic E-state index is 0. The predicted octanol–water partition coefficient (Wildman–Crippen LogP) is 1.95. The van der Waals surface area contributed by atoms with E-state index in [1.165, 1.54) is 13.7 Å². The minimum atomic E-state index is -0.602. The molecule has 0 amide bonds. The number of carbonyl (C=O) groups excluding carboxylic acids is 2. The number of esters is 2. The average molecular weight is 381 g/mol. The van der Waals surface area contributed by atoms with Gasteiger partial charge in [0.25, 0.3) is 5.97 Å². The van der Waals surface area contributed by atoms with Crippen LogP contribution in [-0.2, 0) is 84.5 Å². The van der Waals surface area contributed by atoms with Crippen LogP contribution in [0.4, 0.5) is 0 Å². The van der Waals surface area contributed by atoms with E-state index >= 15 is 0 Å². The molecule has 0 saturated carbocycles. The van der Waals surface area contributed by atoms with Crippen LogP contribution in [0.1, 0.15) is 27.2 Å². The average Bonchev–Trinajstić information content (AvgIpc) is 2.06. The van der Waals surface area contributed by atoms with Crippen molar-refractivity contribution in [3.63, 3.8) is 0 Å². The summed E-state index contributed by atoms with van der Waals surface area (Å²) >= 11 is 0. The largest absolute Gasteiger partial charge is 0.637 e. The Labute approximate surface area is 149 Å². The van der Waals surface area contributed by atoms with E-state index < -0.39 is 11.9 Å². The maximum Gasteiger partial charge on any atom is 0.316 e. The van der Waals surface area contributed by atoms with Crippen LogP contribution in [0.15, 0.2) is 0 Å². The van der Waals surface area contributed by atoms with Gasteiger partial charge in [0.1, 0.15) is 6.42 Å². The van der Waals surface area contributed by atoms with Gasteiger partial charge in [-0.3, -0.25) is 9.59 Å². The molecule has 2 radical (unpaired) electrons. The number of rotatable bonds is 3. The molecule has 0 saturated heterocycles. The molecule has 0 aromatic rings. The summed E-state index contributed by atoms with van der Waals surface area (Å²) in [6, 6.07) is 0. The zero-order valence-corrected chi connectivity index (χ0v) is 16.3. The van der Waals surface area contributed by atoms with Crippen LogP contribution in [0.3, 0.4) is 0 Å². The molecule has 0 bridgehead atoms. The van der Waals surface area contributed by atoms with Crippen molar-refractivity contribution in [3.05, 3.63) is 20.5 Å². The zero-order chi connectivity index (χ0) is 10.7. The van der Waals surface area contributed by atoms with Crippen molar-refractivity contribution in [1.82, 2.24) is 0 Å². The van der Waals surface area contributed by atoms with Crippen molar-refractivity contribution in [2.24, 2.45) is 0 Å². The Morgan fingerprint density at radius 3 is 1.69 bits per heavy atom. The summed E-state index contributed by atoms with van der Waals surface area (Å²) < 4.78 is 8.56. The Morgan fingerprint density at radius 2 is 1.44 bits per heavy atom. The second-order valence-electron chi connectivity index (χ2n) is 2.06. The van der Waals surface area contributed by atoms with Gasteiger partial charge in [-0.25, -0.2) is 0 Å². The van der Waals surface area contributed by atoms with Gasteiger partial charge in [-0.05, 0) is 0 Å². The number of methoxy groups -OCH3 is 1. The second-order valence-corrected chi connectivity index (χ2v) is 2.06. The van der Waals surface area contributed by atoms with Gasteiger partial charge in [0.2, 0.25) is 0 Å². The van der Waals surface area contributed by atoms with Crippen LogP contribution in [0.25, 0.3) is 0 Å². The molecular formula is C10H19O4Y2-3. The molecule has 0 unspecified atom stereocenters.